The summed E-state index contributed by atoms with van der Waals surface area (Å²) in [6.07, 6.45) is 0. The summed E-state index contributed by atoms with van der Waals surface area (Å²) >= 11 is 0. The standard InChI is InChI=1S/C46H30N2/c1-3-13-31(14-4-1)36-18-9-10-19-37(36)33-23-26-35(27-24-33)47-41-22-12-11-21-39(41)44-42(47)29-30-43-45(44)40-28-25-32-15-7-8-20-38(32)46(40)48(43)34-16-5-2-6-17-34/h1-30H. The van der Waals surface area contributed by atoms with Gasteiger partial charge in [-0.1, -0.05) is 140 Å². The number of para-hydroxylation sites is 2. The first kappa shape index (κ1) is 26.8. The van der Waals surface area contributed by atoms with Gasteiger partial charge in [0.15, 0.2) is 0 Å². The zero-order valence-electron chi connectivity index (χ0n) is 26.2. The Balaban J connectivity index is 1.24. The van der Waals surface area contributed by atoms with Gasteiger partial charge in [0.1, 0.15) is 0 Å². The number of rotatable bonds is 4. The first-order valence-electron chi connectivity index (χ1n) is 16.5. The molecule has 0 spiro atoms. The van der Waals surface area contributed by atoms with Crippen LogP contribution in [0.25, 0.3) is 88.0 Å². The van der Waals surface area contributed by atoms with E-state index in [1.165, 1.54) is 82.3 Å². The maximum Gasteiger partial charge on any atom is 0.0619 e. The van der Waals surface area contributed by atoms with Crippen molar-refractivity contribution in [3.63, 3.8) is 0 Å². The van der Waals surface area contributed by atoms with Crippen molar-refractivity contribution in [2.75, 3.05) is 0 Å². The minimum absolute atomic E-state index is 1.15. The van der Waals surface area contributed by atoms with Crippen LogP contribution in [-0.4, -0.2) is 9.13 Å². The van der Waals surface area contributed by atoms with Crippen molar-refractivity contribution < 1.29 is 0 Å². The molecule has 2 heteroatoms. The average Bonchev–Trinajstić information content (AvgIpc) is 3.69. The summed E-state index contributed by atoms with van der Waals surface area (Å²) in [6, 6.07) is 66.0. The fourth-order valence-electron chi connectivity index (χ4n) is 7.84. The highest BCUT2D eigenvalue weighted by molar-refractivity contribution is 6.31. The summed E-state index contributed by atoms with van der Waals surface area (Å²) in [7, 11) is 0. The van der Waals surface area contributed by atoms with E-state index in [1.54, 1.807) is 0 Å². The maximum absolute atomic E-state index is 2.46. The van der Waals surface area contributed by atoms with Crippen molar-refractivity contribution in [3.8, 4) is 33.6 Å². The van der Waals surface area contributed by atoms with Gasteiger partial charge in [0, 0.05) is 38.3 Å². The molecule has 0 bridgehead atoms. The van der Waals surface area contributed by atoms with E-state index in [-0.39, 0.29) is 0 Å². The molecule has 0 saturated carbocycles. The third kappa shape index (κ3) is 3.93. The van der Waals surface area contributed by atoms with E-state index in [4.69, 9.17) is 0 Å². The number of hydrogen-bond acceptors (Lipinski definition) is 0. The Morgan fingerprint density at radius 3 is 1.58 bits per heavy atom. The van der Waals surface area contributed by atoms with Gasteiger partial charge in [-0.3, -0.25) is 0 Å². The summed E-state index contributed by atoms with van der Waals surface area (Å²) in [6.45, 7) is 0. The molecular weight excluding hydrogens is 581 g/mol. The molecule has 224 valence electrons. The number of fused-ring (bicyclic) bond motifs is 9. The average molecular weight is 611 g/mol. The van der Waals surface area contributed by atoms with E-state index in [9.17, 15) is 0 Å². The Labute approximate surface area is 278 Å². The van der Waals surface area contributed by atoms with Gasteiger partial charge < -0.3 is 9.13 Å². The van der Waals surface area contributed by atoms with Gasteiger partial charge in [-0.15, -0.1) is 0 Å². The number of nitrogens with zero attached hydrogens (tertiary/aromatic N) is 2. The lowest BCUT2D eigenvalue weighted by atomic mass is 9.94. The quantitative estimate of drug-likeness (QED) is 0.188. The second kappa shape index (κ2) is 10.6. The number of hydrogen-bond donors (Lipinski definition) is 0. The van der Waals surface area contributed by atoms with Crippen LogP contribution >= 0.6 is 0 Å². The maximum atomic E-state index is 2.46. The molecule has 10 rings (SSSR count). The molecule has 0 aliphatic carbocycles. The third-order valence-corrected chi connectivity index (χ3v) is 9.91. The summed E-state index contributed by atoms with van der Waals surface area (Å²) in [4.78, 5) is 0. The minimum atomic E-state index is 1.15. The molecule has 0 fully saturated rings. The van der Waals surface area contributed by atoms with E-state index in [1.807, 2.05) is 0 Å². The first-order valence-corrected chi connectivity index (χ1v) is 16.5. The number of benzene rings is 8. The van der Waals surface area contributed by atoms with Crippen LogP contribution in [0.1, 0.15) is 0 Å². The van der Waals surface area contributed by atoms with E-state index in [0.29, 0.717) is 0 Å². The first-order chi connectivity index (χ1) is 23.8. The second-order valence-corrected chi connectivity index (χ2v) is 12.5. The lowest BCUT2D eigenvalue weighted by Gasteiger charge is -2.12. The fraction of sp³-hybridized carbons (Fsp3) is 0. The highest BCUT2D eigenvalue weighted by Gasteiger charge is 2.21. The van der Waals surface area contributed by atoms with Crippen molar-refractivity contribution in [2.45, 2.75) is 0 Å². The molecule has 0 amide bonds. The van der Waals surface area contributed by atoms with Gasteiger partial charge >= 0.3 is 0 Å². The van der Waals surface area contributed by atoms with Crippen molar-refractivity contribution in [3.05, 3.63) is 182 Å². The Hall–Kier alpha value is -6.38. The highest BCUT2D eigenvalue weighted by Crippen LogP contribution is 2.44. The van der Waals surface area contributed by atoms with Gasteiger partial charge in [0.05, 0.1) is 22.1 Å². The van der Waals surface area contributed by atoms with Crippen molar-refractivity contribution in [2.24, 2.45) is 0 Å². The van der Waals surface area contributed by atoms with Gasteiger partial charge in [-0.25, -0.2) is 0 Å². The molecule has 8 aromatic carbocycles. The zero-order valence-corrected chi connectivity index (χ0v) is 26.2. The van der Waals surface area contributed by atoms with E-state index in [0.717, 1.165) is 5.69 Å². The van der Waals surface area contributed by atoms with Crippen molar-refractivity contribution in [1.29, 1.82) is 0 Å². The molecule has 0 unspecified atom stereocenters. The van der Waals surface area contributed by atoms with Crippen molar-refractivity contribution >= 4 is 54.4 Å². The summed E-state index contributed by atoms with van der Waals surface area (Å²) in [5.41, 5.74) is 12.1. The van der Waals surface area contributed by atoms with Gasteiger partial charge in [-0.05, 0) is 70.1 Å². The summed E-state index contributed by atoms with van der Waals surface area (Å²) < 4.78 is 4.89. The Kier molecular flexibility index (Phi) is 5.91. The largest absolute Gasteiger partial charge is 0.309 e. The van der Waals surface area contributed by atoms with Crippen LogP contribution in [0.3, 0.4) is 0 Å². The SMILES string of the molecule is c1ccc(-c2ccccc2-c2ccc(-n3c4ccccc4c4c5c6ccc7ccccc7c6n(-c6ccccc6)c5ccc43)cc2)cc1. The molecule has 10 aromatic rings. The number of aromatic nitrogens is 2. The monoisotopic (exact) mass is 610 g/mol. The van der Waals surface area contributed by atoms with Gasteiger partial charge in [0.25, 0.3) is 0 Å². The molecule has 2 heterocycles. The predicted molar refractivity (Wildman–Crippen MR) is 203 cm³/mol. The molecule has 0 atom stereocenters. The molecule has 0 saturated heterocycles. The fourth-order valence-corrected chi connectivity index (χ4v) is 7.84. The van der Waals surface area contributed by atoms with E-state index in [2.05, 4.69) is 191 Å². The highest BCUT2D eigenvalue weighted by atomic mass is 15.0. The lowest BCUT2D eigenvalue weighted by Crippen LogP contribution is -1.95. The van der Waals surface area contributed by atoms with Crippen LogP contribution < -0.4 is 0 Å². The smallest absolute Gasteiger partial charge is 0.0619 e. The van der Waals surface area contributed by atoms with Crippen LogP contribution in [0.2, 0.25) is 0 Å². The molecule has 0 aliphatic heterocycles. The van der Waals surface area contributed by atoms with Crippen molar-refractivity contribution in [1.82, 2.24) is 9.13 Å². The van der Waals surface area contributed by atoms with E-state index < -0.39 is 0 Å². The second-order valence-electron chi connectivity index (χ2n) is 12.5. The molecule has 0 N–H and O–H groups in total. The molecule has 2 nitrogen and oxygen atoms in total. The van der Waals surface area contributed by atoms with Gasteiger partial charge in [0.2, 0.25) is 0 Å². The lowest BCUT2D eigenvalue weighted by molar-refractivity contribution is 1.17. The van der Waals surface area contributed by atoms with Crippen LogP contribution in [0.5, 0.6) is 0 Å². The van der Waals surface area contributed by atoms with Crippen LogP contribution in [0.4, 0.5) is 0 Å². The molecule has 0 radical (unpaired) electrons. The molecular formula is C46H30N2. The van der Waals surface area contributed by atoms with Crippen LogP contribution in [0, 0.1) is 0 Å². The van der Waals surface area contributed by atoms with E-state index >= 15 is 0 Å². The summed E-state index contributed by atoms with van der Waals surface area (Å²) in [5.74, 6) is 0. The normalized spacial score (nSPS) is 11.8. The molecule has 48 heavy (non-hydrogen) atoms. The Morgan fingerprint density at radius 1 is 0.292 bits per heavy atom. The minimum Gasteiger partial charge on any atom is -0.309 e. The Morgan fingerprint density at radius 2 is 0.833 bits per heavy atom. The van der Waals surface area contributed by atoms with Crippen LogP contribution in [0.15, 0.2) is 182 Å². The summed E-state index contributed by atoms with van der Waals surface area (Å²) in [5, 5.41) is 7.62. The predicted octanol–water partition coefficient (Wildman–Crippen LogP) is 12.4. The molecule has 0 aliphatic rings. The molecule has 2 aromatic heterocycles. The topological polar surface area (TPSA) is 9.86 Å². The van der Waals surface area contributed by atoms with Gasteiger partial charge in [-0.2, -0.15) is 0 Å². The third-order valence-electron chi connectivity index (χ3n) is 9.91. The Bertz CT molecular complexity index is 2800. The zero-order chi connectivity index (χ0) is 31.6. The van der Waals surface area contributed by atoms with Crippen LogP contribution in [-0.2, 0) is 0 Å².